The number of piperidine rings is 1. The average Bonchev–Trinajstić information content (AvgIpc) is 2.78. The van der Waals surface area contributed by atoms with Gasteiger partial charge in [0.05, 0.1) is 23.0 Å². The summed E-state index contributed by atoms with van der Waals surface area (Å²) in [6.45, 7) is 2.94. The van der Waals surface area contributed by atoms with E-state index >= 15 is 0 Å². The van der Waals surface area contributed by atoms with Gasteiger partial charge in [-0.15, -0.1) is 0 Å². The lowest BCUT2D eigenvalue weighted by Crippen LogP contribution is -2.56. The molecular formula is C23H32N6O2. The van der Waals surface area contributed by atoms with E-state index in [2.05, 4.69) is 20.5 Å². The second kappa shape index (κ2) is 9.70. The van der Waals surface area contributed by atoms with Crippen molar-refractivity contribution >= 4 is 28.6 Å². The monoisotopic (exact) mass is 424 g/mol. The number of nitrogens with zero attached hydrogens (tertiary/aromatic N) is 3. The lowest BCUT2D eigenvalue weighted by molar-refractivity contribution is 0.0533. The van der Waals surface area contributed by atoms with Crippen LogP contribution in [0.25, 0.3) is 11.0 Å². The summed E-state index contributed by atoms with van der Waals surface area (Å²) in [6.07, 6.45) is 7.32. The standard InChI is InChI=1S/C23H32N6O2/c1-15(24)25-23(30)21-22(28-18-11-7-6-10-17(18)27-21)29-13-12-19(20(14-29)31-2)26-16-8-4-3-5-9-16/h6-7,10-11,16,19-20,26H,3-5,8-9,12-14H2,1-2H3,(H2,24,25,30). The van der Waals surface area contributed by atoms with Gasteiger partial charge in [0.15, 0.2) is 11.5 Å². The van der Waals surface area contributed by atoms with E-state index in [0.29, 0.717) is 30.0 Å². The number of para-hydroxylation sites is 2. The molecule has 2 aliphatic rings. The first-order valence-corrected chi connectivity index (χ1v) is 11.2. The Morgan fingerprint density at radius 1 is 1.13 bits per heavy atom. The van der Waals surface area contributed by atoms with Crippen LogP contribution in [-0.2, 0) is 4.74 Å². The van der Waals surface area contributed by atoms with Crippen LogP contribution >= 0.6 is 0 Å². The summed E-state index contributed by atoms with van der Waals surface area (Å²) in [5, 5.41) is 14.0. The van der Waals surface area contributed by atoms with E-state index < -0.39 is 5.91 Å². The number of amides is 1. The number of benzene rings is 1. The fourth-order valence-electron chi connectivity index (χ4n) is 4.70. The van der Waals surface area contributed by atoms with E-state index in [0.717, 1.165) is 18.5 Å². The van der Waals surface area contributed by atoms with Crippen molar-refractivity contribution in [3.63, 3.8) is 0 Å². The van der Waals surface area contributed by atoms with Gasteiger partial charge in [-0.25, -0.2) is 9.97 Å². The predicted octanol–water partition coefficient (Wildman–Crippen LogP) is 2.87. The Kier molecular flexibility index (Phi) is 6.77. The second-order valence-electron chi connectivity index (χ2n) is 8.58. The van der Waals surface area contributed by atoms with Gasteiger partial charge in [-0.1, -0.05) is 31.4 Å². The number of methoxy groups -OCH3 is 1. The van der Waals surface area contributed by atoms with Gasteiger partial charge in [-0.3, -0.25) is 10.2 Å². The fourth-order valence-corrected chi connectivity index (χ4v) is 4.70. The van der Waals surface area contributed by atoms with Crippen LogP contribution in [0.4, 0.5) is 5.82 Å². The number of anilines is 1. The lowest BCUT2D eigenvalue weighted by Gasteiger charge is -2.41. The summed E-state index contributed by atoms with van der Waals surface area (Å²) in [5.74, 6) is 0.226. The third-order valence-electron chi connectivity index (χ3n) is 6.28. The molecule has 0 radical (unpaired) electrons. The van der Waals surface area contributed by atoms with Gasteiger partial charge in [0.25, 0.3) is 5.91 Å². The zero-order chi connectivity index (χ0) is 21.8. The average molecular weight is 425 g/mol. The van der Waals surface area contributed by atoms with Gasteiger partial charge in [-0.2, -0.15) is 0 Å². The second-order valence-corrected chi connectivity index (χ2v) is 8.58. The minimum Gasteiger partial charge on any atom is -0.378 e. The molecule has 8 nitrogen and oxygen atoms in total. The van der Waals surface area contributed by atoms with Crippen molar-refractivity contribution in [2.24, 2.45) is 0 Å². The number of carbonyl (C=O) groups is 1. The molecule has 1 aromatic carbocycles. The predicted molar refractivity (Wildman–Crippen MR) is 122 cm³/mol. The number of aromatic nitrogens is 2. The molecule has 1 saturated heterocycles. The molecule has 1 aromatic heterocycles. The number of amidine groups is 1. The van der Waals surface area contributed by atoms with Crippen LogP contribution in [-0.4, -0.2) is 60.1 Å². The summed E-state index contributed by atoms with van der Waals surface area (Å²) < 4.78 is 5.86. The van der Waals surface area contributed by atoms with Crippen LogP contribution in [0, 0.1) is 5.41 Å². The SMILES string of the molecule is COC1CN(c2nc3ccccc3nc2C(=O)NC(C)=N)CCC1NC1CCCCC1. The van der Waals surface area contributed by atoms with Gasteiger partial charge in [-0.05, 0) is 38.3 Å². The van der Waals surface area contributed by atoms with Crippen LogP contribution in [0.3, 0.4) is 0 Å². The highest BCUT2D eigenvalue weighted by molar-refractivity contribution is 6.07. The van der Waals surface area contributed by atoms with Crippen molar-refractivity contribution in [3.05, 3.63) is 30.0 Å². The van der Waals surface area contributed by atoms with Crippen molar-refractivity contribution in [2.45, 2.75) is 63.6 Å². The lowest BCUT2D eigenvalue weighted by atomic mass is 9.92. The molecule has 8 heteroatoms. The molecule has 2 fully saturated rings. The van der Waals surface area contributed by atoms with Gasteiger partial charge < -0.3 is 20.3 Å². The Labute approximate surface area is 183 Å². The molecule has 2 heterocycles. The maximum absolute atomic E-state index is 12.8. The molecule has 1 amide bonds. The molecule has 2 unspecified atom stereocenters. The summed E-state index contributed by atoms with van der Waals surface area (Å²) >= 11 is 0. The van der Waals surface area contributed by atoms with Crippen LogP contribution in [0.15, 0.2) is 24.3 Å². The molecule has 166 valence electrons. The van der Waals surface area contributed by atoms with Crippen molar-refractivity contribution in [2.75, 3.05) is 25.1 Å². The molecule has 1 aliphatic heterocycles. The highest BCUT2D eigenvalue weighted by Gasteiger charge is 2.33. The maximum Gasteiger partial charge on any atom is 0.279 e. The van der Waals surface area contributed by atoms with E-state index in [4.69, 9.17) is 15.1 Å². The zero-order valence-electron chi connectivity index (χ0n) is 18.4. The van der Waals surface area contributed by atoms with Crippen molar-refractivity contribution in [1.82, 2.24) is 20.6 Å². The molecule has 0 bridgehead atoms. The fraction of sp³-hybridized carbons (Fsp3) is 0.565. The first kappa shape index (κ1) is 21.6. The largest absolute Gasteiger partial charge is 0.378 e. The molecule has 1 aliphatic carbocycles. The van der Waals surface area contributed by atoms with Gasteiger partial charge in [0, 0.05) is 32.3 Å². The number of hydrogen-bond donors (Lipinski definition) is 3. The first-order chi connectivity index (χ1) is 15.0. The van der Waals surface area contributed by atoms with E-state index in [1.54, 1.807) is 7.11 Å². The van der Waals surface area contributed by atoms with Crippen molar-refractivity contribution in [1.29, 1.82) is 5.41 Å². The molecule has 2 atom stereocenters. The summed E-state index contributed by atoms with van der Waals surface area (Å²) in [7, 11) is 1.75. The Hall–Kier alpha value is -2.58. The summed E-state index contributed by atoms with van der Waals surface area (Å²) in [6, 6.07) is 8.41. The molecule has 3 N–H and O–H groups in total. The third-order valence-corrected chi connectivity index (χ3v) is 6.28. The van der Waals surface area contributed by atoms with Crippen LogP contribution in [0.2, 0.25) is 0 Å². The Balaban J connectivity index is 1.58. The Bertz CT molecular complexity index is 943. The van der Waals surface area contributed by atoms with E-state index in [9.17, 15) is 4.79 Å². The normalized spacial score (nSPS) is 22.5. The molecule has 1 saturated carbocycles. The number of fused-ring (bicyclic) bond motifs is 1. The van der Waals surface area contributed by atoms with Crippen molar-refractivity contribution in [3.8, 4) is 0 Å². The highest BCUT2D eigenvalue weighted by atomic mass is 16.5. The maximum atomic E-state index is 12.8. The van der Waals surface area contributed by atoms with E-state index in [1.165, 1.54) is 39.0 Å². The quantitative estimate of drug-likeness (QED) is 0.504. The number of nitrogens with one attached hydrogen (secondary N) is 3. The van der Waals surface area contributed by atoms with Crippen LogP contribution in [0.5, 0.6) is 0 Å². The summed E-state index contributed by atoms with van der Waals surface area (Å²) in [5.41, 5.74) is 1.66. The minimum absolute atomic E-state index is 0.00401. The number of ether oxygens (including phenoxy) is 1. The van der Waals surface area contributed by atoms with Gasteiger partial charge >= 0.3 is 0 Å². The van der Waals surface area contributed by atoms with Crippen LogP contribution in [0.1, 0.15) is 55.9 Å². The molecule has 0 spiro atoms. The minimum atomic E-state index is -0.405. The molecule has 2 aromatic rings. The first-order valence-electron chi connectivity index (χ1n) is 11.2. The zero-order valence-corrected chi connectivity index (χ0v) is 18.4. The highest BCUT2D eigenvalue weighted by Crippen LogP contribution is 2.26. The molecule has 31 heavy (non-hydrogen) atoms. The smallest absolute Gasteiger partial charge is 0.279 e. The van der Waals surface area contributed by atoms with Crippen molar-refractivity contribution < 1.29 is 9.53 Å². The molecule has 4 rings (SSSR count). The Morgan fingerprint density at radius 3 is 2.52 bits per heavy atom. The van der Waals surface area contributed by atoms with E-state index in [-0.39, 0.29) is 17.6 Å². The van der Waals surface area contributed by atoms with E-state index in [1.807, 2.05) is 24.3 Å². The van der Waals surface area contributed by atoms with Gasteiger partial charge in [0.2, 0.25) is 0 Å². The topological polar surface area (TPSA) is 103 Å². The van der Waals surface area contributed by atoms with Gasteiger partial charge in [0.1, 0.15) is 0 Å². The third kappa shape index (κ3) is 5.02. The number of rotatable bonds is 5. The van der Waals surface area contributed by atoms with Crippen LogP contribution < -0.4 is 15.5 Å². The number of carbonyl (C=O) groups excluding carboxylic acids is 1. The summed E-state index contributed by atoms with van der Waals surface area (Å²) in [4.78, 5) is 24.3. The Morgan fingerprint density at radius 2 is 1.84 bits per heavy atom. The molecular weight excluding hydrogens is 392 g/mol. The number of hydrogen-bond acceptors (Lipinski definition) is 7.